The molecule has 0 radical (unpaired) electrons. The van der Waals surface area contributed by atoms with E-state index in [1.165, 1.54) is 17.5 Å². The normalized spacial score (nSPS) is 16.1. The molecule has 0 unspecified atom stereocenters. The monoisotopic (exact) mass is 370 g/mol. The molecule has 1 aromatic carbocycles. The van der Waals surface area contributed by atoms with Gasteiger partial charge in [-0.2, -0.15) is 13.2 Å². The zero-order valence-corrected chi connectivity index (χ0v) is 13.6. The molecule has 1 amide bonds. The summed E-state index contributed by atoms with van der Waals surface area (Å²) in [6.45, 7) is 0. The summed E-state index contributed by atoms with van der Waals surface area (Å²) in [5.41, 5.74) is -1.83. The maximum Gasteiger partial charge on any atom is 0.416 e. The highest BCUT2D eigenvalue weighted by Crippen LogP contribution is 2.34. The highest BCUT2D eigenvalue weighted by atomic mass is 32.1. The quantitative estimate of drug-likeness (QED) is 0.862. The molecule has 1 fully saturated rings. The summed E-state index contributed by atoms with van der Waals surface area (Å²) >= 11 is 1.02. The van der Waals surface area contributed by atoms with E-state index in [0.717, 1.165) is 23.5 Å². The van der Waals surface area contributed by atoms with E-state index in [9.17, 15) is 27.9 Å². The first-order chi connectivity index (χ1) is 11.7. The molecule has 1 aliphatic rings. The summed E-state index contributed by atoms with van der Waals surface area (Å²) in [6.07, 6.45) is -3.07. The SMILES string of the molecule is O=C(NC1(C(=O)O)CCC1)c1csc(-c2cccc(C(F)(F)F)c2)n1. The van der Waals surface area contributed by atoms with Gasteiger partial charge in [0.05, 0.1) is 5.56 Å². The number of carbonyl (C=O) groups is 2. The van der Waals surface area contributed by atoms with Gasteiger partial charge in [0.1, 0.15) is 16.2 Å². The van der Waals surface area contributed by atoms with Crippen LogP contribution in [-0.2, 0) is 11.0 Å². The van der Waals surface area contributed by atoms with Crippen LogP contribution >= 0.6 is 11.3 Å². The number of carboxylic acid groups (broad SMARTS) is 1. The Kier molecular flexibility index (Phi) is 4.28. The van der Waals surface area contributed by atoms with Crippen LogP contribution in [0.25, 0.3) is 10.6 Å². The van der Waals surface area contributed by atoms with Crippen LogP contribution in [0.3, 0.4) is 0 Å². The number of hydrogen-bond acceptors (Lipinski definition) is 4. The summed E-state index contributed by atoms with van der Waals surface area (Å²) < 4.78 is 38.4. The molecule has 3 rings (SSSR count). The Morgan fingerprint density at radius 1 is 1.28 bits per heavy atom. The number of nitrogens with zero attached hydrogens (tertiary/aromatic N) is 1. The van der Waals surface area contributed by atoms with Crippen molar-refractivity contribution in [3.8, 4) is 10.6 Å². The number of benzene rings is 1. The van der Waals surface area contributed by atoms with Gasteiger partial charge in [-0.05, 0) is 31.4 Å². The first kappa shape index (κ1) is 17.4. The van der Waals surface area contributed by atoms with Crippen molar-refractivity contribution < 1.29 is 27.9 Å². The van der Waals surface area contributed by atoms with Gasteiger partial charge in [-0.25, -0.2) is 9.78 Å². The zero-order chi connectivity index (χ0) is 18.2. The molecule has 1 saturated carbocycles. The van der Waals surface area contributed by atoms with Gasteiger partial charge < -0.3 is 10.4 Å². The Morgan fingerprint density at radius 3 is 2.56 bits per heavy atom. The second kappa shape index (κ2) is 6.14. The number of nitrogens with one attached hydrogen (secondary N) is 1. The van der Waals surface area contributed by atoms with Crippen molar-refractivity contribution in [2.24, 2.45) is 0 Å². The summed E-state index contributed by atoms with van der Waals surface area (Å²) in [5, 5.41) is 13.4. The number of aromatic nitrogens is 1. The molecule has 0 spiro atoms. The fourth-order valence-electron chi connectivity index (χ4n) is 2.54. The number of amides is 1. The number of hydrogen-bond donors (Lipinski definition) is 2. The zero-order valence-electron chi connectivity index (χ0n) is 12.8. The number of rotatable bonds is 4. The first-order valence-electron chi connectivity index (χ1n) is 7.40. The molecule has 0 aliphatic heterocycles. The van der Waals surface area contributed by atoms with Gasteiger partial charge in [-0.3, -0.25) is 4.79 Å². The second-order valence-corrected chi connectivity index (χ2v) is 6.67. The minimum Gasteiger partial charge on any atom is -0.480 e. The molecule has 1 aliphatic carbocycles. The van der Waals surface area contributed by atoms with Gasteiger partial charge in [0.25, 0.3) is 5.91 Å². The van der Waals surface area contributed by atoms with Crippen molar-refractivity contribution in [1.29, 1.82) is 0 Å². The first-order valence-corrected chi connectivity index (χ1v) is 8.28. The fraction of sp³-hybridized carbons (Fsp3) is 0.312. The number of halogens is 3. The van der Waals surface area contributed by atoms with E-state index >= 15 is 0 Å². The van der Waals surface area contributed by atoms with E-state index in [1.807, 2.05) is 0 Å². The number of aliphatic carboxylic acids is 1. The molecule has 2 N–H and O–H groups in total. The number of carbonyl (C=O) groups excluding carboxylic acids is 1. The van der Waals surface area contributed by atoms with Gasteiger partial charge in [0, 0.05) is 10.9 Å². The minimum absolute atomic E-state index is 0.00932. The maximum absolute atomic E-state index is 12.8. The van der Waals surface area contributed by atoms with Crippen LogP contribution in [-0.4, -0.2) is 27.5 Å². The van der Waals surface area contributed by atoms with Gasteiger partial charge in [-0.15, -0.1) is 11.3 Å². The van der Waals surface area contributed by atoms with E-state index < -0.39 is 29.2 Å². The standard InChI is InChI=1S/C16H13F3N2O3S/c17-16(18,19)10-4-1-3-9(7-10)13-20-11(8-25-13)12(22)21-15(14(23)24)5-2-6-15/h1,3-4,7-8H,2,5-6H2,(H,21,22)(H,23,24). The van der Waals surface area contributed by atoms with E-state index in [1.54, 1.807) is 0 Å². The molecular weight excluding hydrogens is 357 g/mol. The summed E-state index contributed by atoms with van der Waals surface area (Å²) in [5.74, 6) is -1.74. The van der Waals surface area contributed by atoms with Crippen molar-refractivity contribution >= 4 is 23.2 Å². The van der Waals surface area contributed by atoms with E-state index in [0.29, 0.717) is 19.3 Å². The van der Waals surface area contributed by atoms with Crippen molar-refractivity contribution in [2.45, 2.75) is 31.0 Å². The smallest absolute Gasteiger partial charge is 0.416 e. The highest BCUT2D eigenvalue weighted by molar-refractivity contribution is 7.13. The highest BCUT2D eigenvalue weighted by Gasteiger charge is 2.46. The van der Waals surface area contributed by atoms with Gasteiger partial charge >= 0.3 is 12.1 Å². The molecule has 1 aromatic heterocycles. The van der Waals surface area contributed by atoms with Crippen LogP contribution in [0.1, 0.15) is 35.3 Å². The molecule has 25 heavy (non-hydrogen) atoms. The molecule has 1 heterocycles. The topological polar surface area (TPSA) is 79.3 Å². The predicted molar refractivity (Wildman–Crippen MR) is 84.2 cm³/mol. The van der Waals surface area contributed by atoms with Crippen LogP contribution in [0, 0.1) is 0 Å². The Labute approximate surface area is 144 Å². The molecule has 132 valence electrons. The Hall–Kier alpha value is -2.42. The largest absolute Gasteiger partial charge is 0.480 e. The average Bonchev–Trinajstić information content (AvgIpc) is 2.99. The lowest BCUT2D eigenvalue weighted by atomic mass is 9.76. The fourth-order valence-corrected chi connectivity index (χ4v) is 3.34. The van der Waals surface area contributed by atoms with Crippen LogP contribution in [0.4, 0.5) is 13.2 Å². The van der Waals surface area contributed by atoms with Crippen LogP contribution in [0.5, 0.6) is 0 Å². The minimum atomic E-state index is -4.47. The van der Waals surface area contributed by atoms with E-state index in [4.69, 9.17) is 0 Å². The molecule has 2 aromatic rings. The van der Waals surface area contributed by atoms with Crippen molar-refractivity contribution in [3.63, 3.8) is 0 Å². The number of alkyl halides is 3. The number of thiazole rings is 1. The summed E-state index contributed by atoms with van der Waals surface area (Å²) in [4.78, 5) is 27.6. The Bertz CT molecular complexity index is 828. The lowest BCUT2D eigenvalue weighted by Gasteiger charge is -2.37. The van der Waals surface area contributed by atoms with Crippen LogP contribution in [0.2, 0.25) is 0 Å². The van der Waals surface area contributed by atoms with Crippen molar-refractivity contribution in [2.75, 3.05) is 0 Å². The lowest BCUT2D eigenvalue weighted by molar-refractivity contribution is -0.148. The Morgan fingerprint density at radius 2 is 2.00 bits per heavy atom. The Balaban J connectivity index is 1.81. The second-order valence-electron chi connectivity index (χ2n) is 5.81. The third kappa shape index (κ3) is 3.37. The van der Waals surface area contributed by atoms with Crippen molar-refractivity contribution in [1.82, 2.24) is 10.3 Å². The average molecular weight is 370 g/mol. The number of carboxylic acids is 1. The van der Waals surface area contributed by atoms with E-state index in [-0.39, 0.29) is 16.3 Å². The molecule has 0 atom stereocenters. The van der Waals surface area contributed by atoms with Crippen LogP contribution in [0.15, 0.2) is 29.6 Å². The van der Waals surface area contributed by atoms with Crippen LogP contribution < -0.4 is 5.32 Å². The van der Waals surface area contributed by atoms with Gasteiger partial charge in [0.2, 0.25) is 0 Å². The maximum atomic E-state index is 12.8. The summed E-state index contributed by atoms with van der Waals surface area (Å²) in [7, 11) is 0. The predicted octanol–water partition coefficient (Wildman–Crippen LogP) is 3.57. The van der Waals surface area contributed by atoms with Crippen molar-refractivity contribution in [3.05, 3.63) is 40.9 Å². The molecule has 0 saturated heterocycles. The lowest BCUT2D eigenvalue weighted by Crippen LogP contribution is -2.59. The van der Waals surface area contributed by atoms with Gasteiger partial charge in [-0.1, -0.05) is 12.1 Å². The molecule has 0 bridgehead atoms. The van der Waals surface area contributed by atoms with E-state index in [2.05, 4.69) is 10.3 Å². The third-order valence-corrected chi connectivity index (χ3v) is 5.03. The molecular formula is C16H13F3N2O3S. The molecule has 5 nitrogen and oxygen atoms in total. The third-order valence-electron chi connectivity index (χ3n) is 4.14. The van der Waals surface area contributed by atoms with Gasteiger partial charge in [0.15, 0.2) is 0 Å². The molecule has 9 heteroatoms. The summed E-state index contributed by atoms with van der Waals surface area (Å²) in [6, 6.07) is 4.66.